The number of nitrogens with zero attached hydrogens (tertiary/aromatic N) is 3. The second-order valence-corrected chi connectivity index (χ2v) is 14.3. The minimum Gasteiger partial charge on any atom is -0.497 e. The number of rotatable bonds is 12. The molecule has 1 heterocycles. The number of aryl methyl sites for hydroxylation is 1. The lowest BCUT2D eigenvalue weighted by Crippen LogP contribution is -2.51. The molecular weight excluding hydrogens is 574 g/mol. The number of carbonyl (C=O) groups is 1. The van der Waals surface area contributed by atoms with Crippen LogP contribution in [0.15, 0.2) is 88.7 Å². The van der Waals surface area contributed by atoms with Crippen molar-refractivity contribution in [3.8, 4) is 5.75 Å². The van der Waals surface area contributed by atoms with Crippen LogP contribution in [0.25, 0.3) is 0 Å². The Morgan fingerprint density at radius 3 is 2.07 bits per heavy atom. The number of carbonyl (C=O) groups excluding carboxylic acids is 1. The molecule has 0 unspecified atom stereocenters. The van der Waals surface area contributed by atoms with Crippen molar-refractivity contribution in [2.45, 2.75) is 55.5 Å². The number of methoxy groups -OCH3 is 1. The molecule has 1 saturated heterocycles. The molecule has 11 heteroatoms. The van der Waals surface area contributed by atoms with Gasteiger partial charge in [-0.1, -0.05) is 55.0 Å². The second kappa shape index (κ2) is 13.8. The van der Waals surface area contributed by atoms with E-state index in [1.807, 2.05) is 38.1 Å². The molecule has 226 valence electrons. The summed E-state index contributed by atoms with van der Waals surface area (Å²) >= 11 is 0. The van der Waals surface area contributed by atoms with E-state index in [1.165, 1.54) is 20.7 Å². The van der Waals surface area contributed by atoms with Gasteiger partial charge in [-0.3, -0.25) is 4.79 Å². The van der Waals surface area contributed by atoms with Gasteiger partial charge in [0.05, 0.1) is 23.4 Å². The van der Waals surface area contributed by atoms with E-state index in [0.29, 0.717) is 25.0 Å². The van der Waals surface area contributed by atoms with E-state index in [1.54, 1.807) is 54.5 Å². The van der Waals surface area contributed by atoms with Crippen LogP contribution in [0.5, 0.6) is 5.75 Å². The number of hydrogen-bond acceptors (Lipinski definition) is 6. The molecule has 1 fully saturated rings. The highest BCUT2D eigenvalue weighted by atomic mass is 32.2. The minimum absolute atomic E-state index is 0.141. The predicted octanol–water partition coefficient (Wildman–Crippen LogP) is 4.29. The Morgan fingerprint density at radius 2 is 1.50 bits per heavy atom. The summed E-state index contributed by atoms with van der Waals surface area (Å²) in [5, 5.41) is 0. The Balaban J connectivity index is 1.56. The first-order chi connectivity index (χ1) is 20.1. The van der Waals surface area contributed by atoms with Gasteiger partial charge in [-0.25, -0.2) is 16.8 Å². The molecule has 0 saturated carbocycles. The van der Waals surface area contributed by atoms with Crippen LogP contribution < -0.4 is 4.74 Å². The van der Waals surface area contributed by atoms with E-state index < -0.39 is 20.0 Å². The number of benzene rings is 3. The zero-order valence-electron chi connectivity index (χ0n) is 24.3. The van der Waals surface area contributed by atoms with Gasteiger partial charge < -0.3 is 9.64 Å². The summed E-state index contributed by atoms with van der Waals surface area (Å²) in [6.45, 7) is 4.46. The molecule has 1 aliphatic rings. The largest absolute Gasteiger partial charge is 0.497 e. The zero-order chi connectivity index (χ0) is 30.3. The van der Waals surface area contributed by atoms with E-state index in [0.717, 1.165) is 11.1 Å². The summed E-state index contributed by atoms with van der Waals surface area (Å²) in [6, 6.07) is 22.0. The molecule has 0 aromatic heterocycles. The number of hydrogen-bond donors (Lipinski definition) is 0. The third-order valence-corrected chi connectivity index (χ3v) is 11.3. The van der Waals surface area contributed by atoms with E-state index in [2.05, 4.69) is 0 Å². The first-order valence-corrected chi connectivity index (χ1v) is 17.0. The molecule has 0 aliphatic carbocycles. The summed E-state index contributed by atoms with van der Waals surface area (Å²) in [5.41, 5.74) is 1.85. The first-order valence-electron chi connectivity index (χ1n) is 14.1. The predicted molar refractivity (Wildman–Crippen MR) is 162 cm³/mol. The fourth-order valence-corrected chi connectivity index (χ4v) is 8.09. The van der Waals surface area contributed by atoms with Crippen molar-refractivity contribution in [2.24, 2.45) is 0 Å². The average molecular weight is 614 g/mol. The highest BCUT2D eigenvalue weighted by Gasteiger charge is 2.35. The third kappa shape index (κ3) is 7.38. The molecule has 4 rings (SSSR count). The molecule has 42 heavy (non-hydrogen) atoms. The van der Waals surface area contributed by atoms with Crippen molar-refractivity contribution >= 4 is 26.0 Å². The number of piperidine rings is 1. The van der Waals surface area contributed by atoms with Gasteiger partial charge >= 0.3 is 0 Å². The quantitative estimate of drug-likeness (QED) is 0.302. The fraction of sp³-hybridized carbons (Fsp3) is 0.387. The van der Waals surface area contributed by atoms with Crippen LogP contribution in [0.1, 0.15) is 37.3 Å². The van der Waals surface area contributed by atoms with Crippen LogP contribution in [-0.2, 0) is 31.4 Å². The van der Waals surface area contributed by atoms with Crippen molar-refractivity contribution in [1.82, 2.24) is 13.5 Å². The van der Waals surface area contributed by atoms with Crippen LogP contribution in [0.2, 0.25) is 0 Å². The van der Waals surface area contributed by atoms with Crippen molar-refractivity contribution in [1.29, 1.82) is 0 Å². The Labute approximate surface area is 249 Å². The van der Waals surface area contributed by atoms with Gasteiger partial charge in [0.25, 0.3) is 0 Å². The maximum absolute atomic E-state index is 13.9. The van der Waals surface area contributed by atoms with Crippen LogP contribution in [-0.4, -0.2) is 75.6 Å². The minimum atomic E-state index is -3.88. The van der Waals surface area contributed by atoms with Gasteiger partial charge in [0, 0.05) is 32.2 Å². The topological polar surface area (TPSA) is 104 Å². The lowest BCUT2D eigenvalue weighted by atomic mass is 10.0. The average Bonchev–Trinajstić information content (AvgIpc) is 3.00. The van der Waals surface area contributed by atoms with E-state index in [9.17, 15) is 21.6 Å². The summed E-state index contributed by atoms with van der Waals surface area (Å²) in [7, 11) is -5.97. The highest BCUT2D eigenvalue weighted by molar-refractivity contribution is 7.89. The number of amides is 1. The number of sulfonamides is 2. The summed E-state index contributed by atoms with van der Waals surface area (Å²) in [4.78, 5) is 16.0. The smallest absolute Gasteiger partial charge is 0.243 e. The molecular formula is C31H39N3O6S2. The first kappa shape index (κ1) is 31.7. The molecule has 3 aromatic rings. The van der Waals surface area contributed by atoms with Crippen LogP contribution in [0.4, 0.5) is 0 Å². The number of ether oxygens (including phenoxy) is 1. The van der Waals surface area contributed by atoms with Crippen molar-refractivity contribution in [2.75, 3.05) is 33.3 Å². The Kier molecular flexibility index (Phi) is 10.4. The fourth-order valence-electron chi connectivity index (χ4n) is 5.12. The third-order valence-electron chi connectivity index (χ3n) is 7.52. The summed E-state index contributed by atoms with van der Waals surface area (Å²) in [6.07, 6.45) is 1.42. The van der Waals surface area contributed by atoms with Crippen LogP contribution in [0.3, 0.4) is 0 Å². The normalized spacial score (nSPS) is 15.0. The maximum atomic E-state index is 13.9. The van der Waals surface area contributed by atoms with Gasteiger partial charge in [0.2, 0.25) is 26.0 Å². The van der Waals surface area contributed by atoms with E-state index in [4.69, 9.17) is 4.74 Å². The zero-order valence-corrected chi connectivity index (χ0v) is 26.0. The molecule has 1 amide bonds. The van der Waals surface area contributed by atoms with Crippen molar-refractivity contribution in [3.63, 3.8) is 0 Å². The SMILES string of the molecule is CCCN(CC(=O)N(Cc1ccc(OC)cc1)C1CCN(S(=O)(=O)c2ccc(C)cc2)CC1)S(=O)(=O)c1ccccc1. The van der Waals surface area contributed by atoms with E-state index in [-0.39, 0.29) is 54.5 Å². The van der Waals surface area contributed by atoms with Gasteiger partial charge in [-0.2, -0.15) is 8.61 Å². The second-order valence-electron chi connectivity index (χ2n) is 10.5. The Morgan fingerprint density at radius 1 is 0.881 bits per heavy atom. The van der Waals surface area contributed by atoms with Crippen LogP contribution >= 0.6 is 0 Å². The summed E-state index contributed by atoms with van der Waals surface area (Å²) < 4.78 is 61.5. The lowest BCUT2D eigenvalue weighted by molar-refractivity contribution is -0.135. The molecule has 0 atom stereocenters. The molecule has 1 aliphatic heterocycles. The van der Waals surface area contributed by atoms with E-state index >= 15 is 0 Å². The standard InChI is InChI=1S/C31H39N3O6S2/c1-4-20-33(42(38,39)29-8-6-5-7-9-29)24-31(35)34(23-26-12-14-28(40-3)15-13-26)27-18-21-32(22-19-27)41(36,37)30-16-10-25(2)11-17-30/h5-17,27H,4,18-24H2,1-3H3. The highest BCUT2D eigenvalue weighted by Crippen LogP contribution is 2.26. The lowest BCUT2D eigenvalue weighted by Gasteiger charge is -2.39. The molecule has 0 bridgehead atoms. The van der Waals surface area contributed by atoms with Gasteiger partial charge in [0.15, 0.2) is 0 Å². The molecule has 3 aromatic carbocycles. The van der Waals surface area contributed by atoms with Gasteiger partial charge in [-0.15, -0.1) is 0 Å². The van der Waals surface area contributed by atoms with Gasteiger partial charge in [-0.05, 0) is 68.1 Å². The molecule has 0 radical (unpaired) electrons. The Hall–Kier alpha value is -3.25. The maximum Gasteiger partial charge on any atom is 0.243 e. The molecule has 9 nitrogen and oxygen atoms in total. The van der Waals surface area contributed by atoms with Crippen molar-refractivity contribution < 1.29 is 26.4 Å². The van der Waals surface area contributed by atoms with Crippen LogP contribution in [0, 0.1) is 6.92 Å². The van der Waals surface area contributed by atoms with Gasteiger partial charge in [0.1, 0.15) is 5.75 Å². The molecule has 0 N–H and O–H groups in total. The summed E-state index contributed by atoms with van der Waals surface area (Å²) in [5.74, 6) is 0.368. The molecule has 0 spiro atoms. The monoisotopic (exact) mass is 613 g/mol. The van der Waals surface area contributed by atoms with Crippen molar-refractivity contribution in [3.05, 3.63) is 90.0 Å². The Bertz CT molecular complexity index is 1540.